The quantitative estimate of drug-likeness (QED) is 0.885. The van der Waals surface area contributed by atoms with Gasteiger partial charge in [0.05, 0.1) is 17.7 Å². The number of nitrogens with one attached hydrogen (secondary N) is 1. The van der Waals surface area contributed by atoms with E-state index in [1.165, 1.54) is 0 Å². The van der Waals surface area contributed by atoms with Gasteiger partial charge in [0.1, 0.15) is 0 Å². The maximum absolute atomic E-state index is 8.84. The van der Waals surface area contributed by atoms with Gasteiger partial charge in [0.15, 0.2) is 0 Å². The van der Waals surface area contributed by atoms with Gasteiger partial charge in [0.2, 0.25) is 5.88 Å². The summed E-state index contributed by atoms with van der Waals surface area (Å²) in [5, 5.41) is 12.1. The van der Waals surface area contributed by atoms with Crippen LogP contribution in [0.2, 0.25) is 0 Å². The van der Waals surface area contributed by atoms with E-state index in [9.17, 15) is 0 Å². The molecule has 4 nitrogen and oxygen atoms in total. The molecule has 0 bridgehead atoms. The van der Waals surface area contributed by atoms with Gasteiger partial charge >= 0.3 is 0 Å². The van der Waals surface area contributed by atoms with Gasteiger partial charge in [-0.1, -0.05) is 6.07 Å². The van der Waals surface area contributed by atoms with Gasteiger partial charge in [-0.15, -0.1) is 0 Å². The van der Waals surface area contributed by atoms with E-state index in [1.54, 1.807) is 18.3 Å². The van der Waals surface area contributed by atoms with Crippen molar-refractivity contribution in [2.24, 2.45) is 0 Å². The first-order valence-electron chi connectivity index (χ1n) is 6.63. The van der Waals surface area contributed by atoms with Crippen molar-refractivity contribution in [2.75, 3.05) is 5.32 Å². The van der Waals surface area contributed by atoms with E-state index in [1.807, 2.05) is 32.0 Å². The van der Waals surface area contributed by atoms with Crippen LogP contribution < -0.4 is 10.1 Å². The topological polar surface area (TPSA) is 57.9 Å². The molecule has 2 rings (SSSR count). The minimum Gasteiger partial charge on any atom is -0.475 e. The minimum atomic E-state index is 0.121. The summed E-state index contributed by atoms with van der Waals surface area (Å²) in [7, 11) is 0. The molecule has 1 aromatic heterocycles. The molecule has 0 saturated heterocycles. The highest BCUT2D eigenvalue weighted by Gasteiger charge is 2.03. The van der Waals surface area contributed by atoms with Crippen LogP contribution in [0.25, 0.3) is 0 Å². The smallest absolute Gasteiger partial charge is 0.213 e. The zero-order valence-electron chi connectivity index (χ0n) is 11.9. The van der Waals surface area contributed by atoms with Crippen molar-refractivity contribution < 1.29 is 4.74 Å². The van der Waals surface area contributed by atoms with E-state index in [0.717, 1.165) is 15.7 Å². The summed E-state index contributed by atoms with van der Waals surface area (Å²) in [4.78, 5) is 4.26. The van der Waals surface area contributed by atoms with Crippen molar-refractivity contribution in [3.05, 3.63) is 52.1 Å². The van der Waals surface area contributed by atoms with Crippen LogP contribution in [0.15, 0.2) is 41.0 Å². The maximum Gasteiger partial charge on any atom is 0.213 e. The third-order valence-electron chi connectivity index (χ3n) is 2.74. The molecule has 1 heterocycles. The van der Waals surface area contributed by atoms with Crippen molar-refractivity contribution >= 4 is 21.6 Å². The lowest BCUT2D eigenvalue weighted by molar-refractivity contribution is 0.232. The number of benzene rings is 1. The van der Waals surface area contributed by atoms with Crippen LogP contribution in [-0.2, 0) is 6.54 Å². The average Bonchev–Trinajstić information content (AvgIpc) is 2.47. The lowest BCUT2D eigenvalue weighted by atomic mass is 10.2. The van der Waals surface area contributed by atoms with Crippen molar-refractivity contribution in [3.63, 3.8) is 0 Å². The predicted molar refractivity (Wildman–Crippen MR) is 86.2 cm³/mol. The summed E-state index contributed by atoms with van der Waals surface area (Å²) in [6, 6.07) is 11.4. The van der Waals surface area contributed by atoms with Crippen LogP contribution in [0.1, 0.15) is 25.0 Å². The zero-order chi connectivity index (χ0) is 15.2. The molecule has 21 heavy (non-hydrogen) atoms. The fourth-order valence-electron chi connectivity index (χ4n) is 1.75. The molecule has 0 unspecified atom stereocenters. The second-order valence-corrected chi connectivity index (χ2v) is 5.69. The molecule has 0 radical (unpaired) electrons. The molecule has 108 valence electrons. The molecule has 2 aromatic rings. The van der Waals surface area contributed by atoms with Crippen molar-refractivity contribution in [1.82, 2.24) is 4.98 Å². The van der Waals surface area contributed by atoms with Crippen LogP contribution in [0.3, 0.4) is 0 Å². The molecule has 0 spiro atoms. The summed E-state index contributed by atoms with van der Waals surface area (Å²) >= 11 is 3.45. The highest BCUT2D eigenvalue weighted by atomic mass is 79.9. The van der Waals surface area contributed by atoms with Gasteiger partial charge in [0.25, 0.3) is 0 Å². The summed E-state index contributed by atoms with van der Waals surface area (Å²) in [6.07, 6.45) is 1.92. The Morgan fingerprint density at radius 2 is 2.14 bits per heavy atom. The molecule has 0 fully saturated rings. The number of pyridine rings is 1. The largest absolute Gasteiger partial charge is 0.475 e. The minimum absolute atomic E-state index is 0.121. The Kier molecular flexibility index (Phi) is 5.18. The van der Waals surface area contributed by atoms with Crippen LogP contribution in [-0.4, -0.2) is 11.1 Å². The molecule has 5 heteroatoms. The number of nitriles is 1. The van der Waals surface area contributed by atoms with Crippen molar-refractivity contribution in [3.8, 4) is 11.9 Å². The van der Waals surface area contributed by atoms with Crippen LogP contribution >= 0.6 is 15.9 Å². The Morgan fingerprint density at radius 3 is 2.71 bits per heavy atom. The molecule has 0 atom stereocenters. The van der Waals surface area contributed by atoms with Gasteiger partial charge in [-0.3, -0.25) is 0 Å². The van der Waals surface area contributed by atoms with E-state index in [2.05, 4.69) is 32.3 Å². The van der Waals surface area contributed by atoms with Crippen molar-refractivity contribution in [2.45, 2.75) is 26.5 Å². The first-order valence-corrected chi connectivity index (χ1v) is 7.43. The van der Waals surface area contributed by atoms with Gasteiger partial charge in [-0.05, 0) is 53.5 Å². The molecule has 0 amide bonds. The second kappa shape index (κ2) is 7.09. The second-order valence-electron chi connectivity index (χ2n) is 4.83. The molecule has 0 saturated carbocycles. The number of ether oxygens (including phenoxy) is 1. The van der Waals surface area contributed by atoms with E-state index in [4.69, 9.17) is 10.00 Å². The van der Waals surface area contributed by atoms with E-state index in [0.29, 0.717) is 18.0 Å². The summed E-state index contributed by atoms with van der Waals surface area (Å²) in [5.74, 6) is 0.633. The number of anilines is 1. The number of rotatable bonds is 5. The monoisotopic (exact) mass is 345 g/mol. The highest BCUT2D eigenvalue weighted by Crippen LogP contribution is 2.24. The van der Waals surface area contributed by atoms with Gasteiger partial charge < -0.3 is 10.1 Å². The van der Waals surface area contributed by atoms with Gasteiger partial charge in [-0.2, -0.15) is 5.26 Å². The fourth-order valence-corrected chi connectivity index (χ4v) is 2.27. The predicted octanol–water partition coefficient (Wildman–Crippen LogP) is 4.12. The summed E-state index contributed by atoms with van der Waals surface area (Å²) in [6.45, 7) is 4.60. The number of hydrogen-bond donors (Lipinski definition) is 1. The Bertz CT molecular complexity index is 648. The number of nitrogens with zero attached hydrogens (tertiary/aromatic N) is 2. The number of halogens is 1. The SMILES string of the molecule is CC(C)Oc1ccc(CNc2ccc(C#N)cc2Br)cn1. The van der Waals surface area contributed by atoms with Gasteiger partial charge in [0, 0.05) is 29.0 Å². The van der Waals surface area contributed by atoms with E-state index < -0.39 is 0 Å². The standard InChI is InChI=1S/C16H16BrN3O/c1-11(2)21-16-6-4-13(10-20-16)9-19-15-5-3-12(8-18)7-14(15)17/h3-7,10-11,19H,9H2,1-2H3. The van der Waals surface area contributed by atoms with Crippen LogP contribution in [0.5, 0.6) is 5.88 Å². The van der Waals surface area contributed by atoms with Crippen LogP contribution in [0, 0.1) is 11.3 Å². The van der Waals surface area contributed by atoms with Gasteiger partial charge in [-0.25, -0.2) is 4.98 Å². The van der Waals surface area contributed by atoms with E-state index >= 15 is 0 Å². The molecular weight excluding hydrogens is 330 g/mol. The normalized spacial score (nSPS) is 10.2. The zero-order valence-corrected chi connectivity index (χ0v) is 13.5. The maximum atomic E-state index is 8.84. The molecule has 1 aromatic carbocycles. The highest BCUT2D eigenvalue weighted by molar-refractivity contribution is 9.10. The molecular formula is C16H16BrN3O. The Morgan fingerprint density at radius 1 is 1.33 bits per heavy atom. The number of aromatic nitrogens is 1. The van der Waals surface area contributed by atoms with Crippen molar-refractivity contribution in [1.29, 1.82) is 5.26 Å². The average molecular weight is 346 g/mol. The third-order valence-corrected chi connectivity index (χ3v) is 3.39. The van der Waals surface area contributed by atoms with Crippen LogP contribution in [0.4, 0.5) is 5.69 Å². The first kappa shape index (κ1) is 15.3. The Labute approximate surface area is 132 Å². The summed E-state index contributed by atoms with van der Waals surface area (Å²) < 4.78 is 6.38. The lowest BCUT2D eigenvalue weighted by Crippen LogP contribution is -2.07. The fraction of sp³-hybridized carbons (Fsp3) is 0.250. The molecule has 0 aliphatic heterocycles. The Hall–Kier alpha value is -2.06. The third kappa shape index (κ3) is 4.47. The van der Waals surface area contributed by atoms with E-state index in [-0.39, 0.29) is 6.10 Å². The summed E-state index contributed by atoms with van der Waals surface area (Å²) in [5.41, 5.74) is 2.63. The number of hydrogen-bond acceptors (Lipinski definition) is 4. The Balaban J connectivity index is 1.98. The molecule has 0 aliphatic carbocycles. The molecule has 0 aliphatic rings. The first-order chi connectivity index (χ1) is 10.1. The lowest BCUT2D eigenvalue weighted by Gasteiger charge is -2.11. The molecule has 1 N–H and O–H groups in total.